The molecule has 6 heteroatoms. The molecule has 2 aromatic rings. The zero-order valence-electron chi connectivity index (χ0n) is 10.7. The summed E-state index contributed by atoms with van der Waals surface area (Å²) in [6.07, 6.45) is 2.33. The van der Waals surface area contributed by atoms with E-state index in [0.717, 1.165) is 6.42 Å². The molecule has 0 amide bonds. The molecule has 0 saturated carbocycles. The zero-order chi connectivity index (χ0) is 13.7. The van der Waals surface area contributed by atoms with Crippen LogP contribution in [0.15, 0.2) is 32.4 Å². The van der Waals surface area contributed by atoms with Crippen molar-refractivity contribution < 1.29 is 9.15 Å². The first-order valence-electron chi connectivity index (χ1n) is 6.06. The highest BCUT2D eigenvalue weighted by atomic mass is 16.5. The van der Waals surface area contributed by atoms with Crippen LogP contribution in [0.1, 0.15) is 12.2 Å². The molecule has 0 aliphatic heterocycles. The van der Waals surface area contributed by atoms with Crippen molar-refractivity contribution in [2.45, 2.75) is 13.0 Å². The van der Waals surface area contributed by atoms with Crippen LogP contribution in [-0.2, 0) is 11.3 Å². The first-order valence-corrected chi connectivity index (χ1v) is 6.06. The molecule has 0 atom stereocenters. The van der Waals surface area contributed by atoms with Crippen molar-refractivity contribution in [1.29, 1.82) is 0 Å². The maximum absolute atomic E-state index is 11.5. The first kappa shape index (κ1) is 13.4. The summed E-state index contributed by atoms with van der Waals surface area (Å²) in [6.45, 7) is 1.58. The number of nitrogens with one attached hydrogen (secondary N) is 2. The van der Waals surface area contributed by atoms with Crippen LogP contribution in [0.25, 0.3) is 0 Å². The Morgan fingerprint density at radius 2 is 1.95 bits per heavy atom. The van der Waals surface area contributed by atoms with Gasteiger partial charge in [0.25, 0.3) is 10.9 Å². The summed E-state index contributed by atoms with van der Waals surface area (Å²) < 4.78 is 10.1. The number of ether oxygens (including phenoxy) is 1. The van der Waals surface area contributed by atoms with Crippen LogP contribution >= 0.6 is 0 Å². The van der Waals surface area contributed by atoms with E-state index < -0.39 is 10.9 Å². The van der Waals surface area contributed by atoms with Crippen molar-refractivity contribution >= 4 is 11.4 Å². The fraction of sp³-hybridized carbons (Fsp3) is 0.385. The quantitative estimate of drug-likeness (QED) is 0.545. The number of anilines is 2. The molecule has 1 aromatic heterocycles. The van der Waals surface area contributed by atoms with Crippen LogP contribution in [0, 0.1) is 0 Å². The van der Waals surface area contributed by atoms with E-state index in [2.05, 4.69) is 10.6 Å². The predicted octanol–water partition coefficient (Wildman–Crippen LogP) is 0.936. The van der Waals surface area contributed by atoms with Crippen molar-refractivity contribution in [2.24, 2.45) is 0 Å². The summed E-state index contributed by atoms with van der Waals surface area (Å²) in [6, 6.07) is 3.56. The van der Waals surface area contributed by atoms with Gasteiger partial charge in [0.15, 0.2) is 0 Å². The van der Waals surface area contributed by atoms with Gasteiger partial charge in [-0.15, -0.1) is 0 Å². The Morgan fingerprint density at radius 1 is 1.21 bits per heavy atom. The topological polar surface area (TPSA) is 80.6 Å². The third-order valence-corrected chi connectivity index (χ3v) is 2.76. The Hall–Kier alpha value is -2.08. The molecule has 1 heterocycles. The summed E-state index contributed by atoms with van der Waals surface area (Å²) in [5.41, 5.74) is -0.272. The van der Waals surface area contributed by atoms with Gasteiger partial charge in [0.1, 0.15) is 17.1 Å². The normalized spacial score (nSPS) is 10.8. The van der Waals surface area contributed by atoms with E-state index >= 15 is 0 Å². The van der Waals surface area contributed by atoms with Crippen LogP contribution < -0.4 is 21.5 Å². The Bertz CT molecular complexity index is 582. The maximum Gasteiger partial charge on any atom is 0.253 e. The summed E-state index contributed by atoms with van der Waals surface area (Å²) in [4.78, 5) is 22.9. The average Bonchev–Trinajstić information content (AvgIpc) is 2.93. The Labute approximate surface area is 110 Å². The molecule has 19 heavy (non-hydrogen) atoms. The lowest BCUT2D eigenvalue weighted by Crippen LogP contribution is -2.37. The minimum absolute atomic E-state index is 0.332. The van der Waals surface area contributed by atoms with E-state index in [9.17, 15) is 9.59 Å². The third-order valence-electron chi connectivity index (χ3n) is 2.76. The predicted molar refractivity (Wildman–Crippen MR) is 72.4 cm³/mol. The fourth-order valence-electron chi connectivity index (χ4n) is 1.75. The second-order valence-electron chi connectivity index (χ2n) is 4.11. The SMILES string of the molecule is COCCCNc1c(NCc2ccco2)c(=O)c1=O. The zero-order valence-corrected chi connectivity index (χ0v) is 10.7. The first-order chi connectivity index (χ1) is 9.24. The standard InChI is InChI=1S/C13H16N2O4/c1-18-6-3-5-14-10-11(13(17)12(10)16)15-8-9-4-2-7-19-9/h2,4,7,14-15H,3,5-6,8H2,1H3. The monoisotopic (exact) mass is 264 g/mol. The highest BCUT2D eigenvalue weighted by molar-refractivity contribution is 5.73. The lowest BCUT2D eigenvalue weighted by Gasteiger charge is -2.13. The second kappa shape index (κ2) is 6.19. The molecular formula is C13H16N2O4. The molecular weight excluding hydrogens is 248 g/mol. The molecule has 0 fully saturated rings. The van der Waals surface area contributed by atoms with Crippen LogP contribution in [-0.4, -0.2) is 20.3 Å². The number of methoxy groups -OCH3 is 1. The highest BCUT2D eigenvalue weighted by Gasteiger charge is 2.20. The molecule has 2 N–H and O–H groups in total. The van der Waals surface area contributed by atoms with Gasteiger partial charge in [0.2, 0.25) is 0 Å². The van der Waals surface area contributed by atoms with Crippen molar-refractivity contribution in [3.8, 4) is 0 Å². The molecule has 0 aliphatic carbocycles. The lowest BCUT2D eigenvalue weighted by molar-refractivity contribution is 0.198. The summed E-state index contributed by atoms with van der Waals surface area (Å²) in [5.74, 6) is 0.707. The van der Waals surface area contributed by atoms with Crippen LogP contribution in [0.4, 0.5) is 11.4 Å². The molecule has 2 rings (SSSR count). The smallest absolute Gasteiger partial charge is 0.253 e. The van der Waals surface area contributed by atoms with Crippen LogP contribution in [0.5, 0.6) is 0 Å². The van der Waals surface area contributed by atoms with E-state index in [-0.39, 0.29) is 0 Å². The summed E-state index contributed by atoms with van der Waals surface area (Å²) >= 11 is 0. The van der Waals surface area contributed by atoms with Gasteiger partial charge in [0.05, 0.1) is 12.8 Å². The van der Waals surface area contributed by atoms with Crippen molar-refractivity contribution in [3.05, 3.63) is 44.6 Å². The maximum atomic E-state index is 11.5. The van der Waals surface area contributed by atoms with Gasteiger partial charge >= 0.3 is 0 Å². The number of furan rings is 1. The average molecular weight is 264 g/mol. The molecule has 0 spiro atoms. The molecule has 0 aliphatic rings. The fourth-order valence-corrected chi connectivity index (χ4v) is 1.75. The van der Waals surface area contributed by atoms with Gasteiger partial charge in [-0.05, 0) is 18.6 Å². The molecule has 0 bridgehead atoms. The van der Waals surface area contributed by atoms with Crippen molar-refractivity contribution in [1.82, 2.24) is 0 Å². The lowest BCUT2D eigenvalue weighted by atomic mass is 10.2. The minimum Gasteiger partial charge on any atom is -0.467 e. The van der Waals surface area contributed by atoms with Gasteiger partial charge < -0.3 is 19.8 Å². The Balaban J connectivity index is 1.91. The van der Waals surface area contributed by atoms with Crippen molar-refractivity contribution in [3.63, 3.8) is 0 Å². The van der Waals surface area contributed by atoms with Crippen LogP contribution in [0.3, 0.4) is 0 Å². The molecule has 0 saturated heterocycles. The third kappa shape index (κ3) is 3.03. The van der Waals surface area contributed by atoms with E-state index in [1.807, 2.05) is 0 Å². The van der Waals surface area contributed by atoms with Gasteiger partial charge in [0, 0.05) is 20.3 Å². The molecule has 0 radical (unpaired) electrons. The molecule has 1 aromatic carbocycles. The van der Waals surface area contributed by atoms with Gasteiger partial charge in [-0.25, -0.2) is 0 Å². The number of rotatable bonds is 8. The Morgan fingerprint density at radius 3 is 2.58 bits per heavy atom. The highest BCUT2D eigenvalue weighted by Crippen LogP contribution is 2.15. The minimum atomic E-state index is -0.485. The van der Waals surface area contributed by atoms with Crippen molar-refractivity contribution in [2.75, 3.05) is 30.9 Å². The van der Waals surface area contributed by atoms with Gasteiger partial charge in [-0.1, -0.05) is 0 Å². The molecule has 0 unspecified atom stereocenters. The van der Waals surface area contributed by atoms with E-state index in [1.54, 1.807) is 25.5 Å². The Kier molecular flexibility index (Phi) is 4.35. The van der Waals surface area contributed by atoms with E-state index in [0.29, 0.717) is 36.8 Å². The summed E-state index contributed by atoms with van der Waals surface area (Å²) in [5, 5.41) is 5.86. The number of hydrogen-bond acceptors (Lipinski definition) is 6. The molecule has 102 valence electrons. The van der Waals surface area contributed by atoms with E-state index in [4.69, 9.17) is 9.15 Å². The summed E-state index contributed by atoms with van der Waals surface area (Å²) in [7, 11) is 1.62. The molecule has 6 nitrogen and oxygen atoms in total. The largest absolute Gasteiger partial charge is 0.467 e. The van der Waals surface area contributed by atoms with Gasteiger partial charge in [-0.3, -0.25) is 9.59 Å². The number of hydrogen-bond donors (Lipinski definition) is 2. The van der Waals surface area contributed by atoms with Gasteiger partial charge in [-0.2, -0.15) is 0 Å². The van der Waals surface area contributed by atoms with Crippen LogP contribution in [0.2, 0.25) is 0 Å². The van der Waals surface area contributed by atoms with E-state index in [1.165, 1.54) is 0 Å². The second-order valence-corrected chi connectivity index (χ2v) is 4.11.